The zero-order chi connectivity index (χ0) is 15.5. The summed E-state index contributed by atoms with van der Waals surface area (Å²) >= 11 is 1.26. The van der Waals surface area contributed by atoms with E-state index < -0.39 is 0 Å². The molecule has 1 atom stereocenters. The van der Waals surface area contributed by atoms with E-state index in [0.717, 1.165) is 0 Å². The van der Waals surface area contributed by atoms with Crippen LogP contribution in [0.15, 0.2) is 58.7 Å². The molecule has 0 fully saturated rings. The lowest BCUT2D eigenvalue weighted by atomic mass is 10.2. The molecule has 0 unspecified atom stereocenters. The van der Waals surface area contributed by atoms with Crippen molar-refractivity contribution >= 4 is 22.7 Å². The largest absolute Gasteiger partial charge is 0.268 e. The van der Waals surface area contributed by atoms with Crippen molar-refractivity contribution in [2.75, 3.05) is 0 Å². The summed E-state index contributed by atoms with van der Waals surface area (Å²) in [5.74, 6) is 0. The number of hydrogen-bond donors (Lipinski definition) is 0. The molecule has 6 heteroatoms. The van der Waals surface area contributed by atoms with Gasteiger partial charge in [0, 0.05) is 6.20 Å². The number of nitrogens with zero attached hydrogens (tertiary/aromatic N) is 4. The van der Waals surface area contributed by atoms with Crippen LogP contribution in [0.25, 0.3) is 16.6 Å². The Bertz CT molecular complexity index is 915. The molecule has 0 aliphatic heterocycles. The molecule has 0 radical (unpaired) electrons. The molecular formula is C16H12N4OS. The van der Waals surface area contributed by atoms with E-state index in [0.29, 0.717) is 21.7 Å². The number of pyridine rings is 1. The van der Waals surface area contributed by atoms with Gasteiger partial charge in [-0.1, -0.05) is 23.9 Å². The molecule has 3 aromatic rings. The van der Waals surface area contributed by atoms with Crippen molar-refractivity contribution in [2.24, 2.45) is 0 Å². The Hall–Kier alpha value is -2.65. The topological polar surface area (TPSA) is 71.6 Å². The third-order valence-electron chi connectivity index (χ3n) is 3.11. The van der Waals surface area contributed by atoms with Crippen molar-refractivity contribution in [1.29, 1.82) is 5.26 Å². The van der Waals surface area contributed by atoms with Crippen molar-refractivity contribution in [3.05, 3.63) is 59.1 Å². The first-order chi connectivity index (χ1) is 10.7. The highest BCUT2D eigenvalue weighted by molar-refractivity contribution is 8.00. The Balaban J connectivity index is 2.32. The molecule has 0 spiro atoms. The second-order valence-corrected chi connectivity index (χ2v) is 5.96. The van der Waals surface area contributed by atoms with Gasteiger partial charge < -0.3 is 0 Å². The molecule has 0 saturated carbocycles. The maximum atomic E-state index is 12.8. The predicted molar refractivity (Wildman–Crippen MR) is 86.1 cm³/mol. The van der Waals surface area contributed by atoms with E-state index in [2.05, 4.69) is 16.0 Å². The molecule has 1 aromatic carbocycles. The fraction of sp³-hybridized carbons (Fsp3) is 0.125. The van der Waals surface area contributed by atoms with Crippen molar-refractivity contribution in [1.82, 2.24) is 14.5 Å². The van der Waals surface area contributed by atoms with Gasteiger partial charge in [-0.25, -0.2) is 4.98 Å². The molecule has 0 bridgehead atoms. The van der Waals surface area contributed by atoms with Gasteiger partial charge in [0.05, 0.1) is 34.1 Å². The lowest BCUT2D eigenvalue weighted by Gasteiger charge is -2.13. The fourth-order valence-electron chi connectivity index (χ4n) is 2.09. The van der Waals surface area contributed by atoms with Crippen LogP contribution in [0.2, 0.25) is 0 Å². The summed E-state index contributed by atoms with van der Waals surface area (Å²) in [5, 5.41) is 9.77. The molecule has 2 aromatic heterocycles. The number of hydrogen-bond acceptors (Lipinski definition) is 5. The molecule has 0 N–H and O–H groups in total. The molecule has 0 aliphatic carbocycles. The van der Waals surface area contributed by atoms with Gasteiger partial charge in [-0.3, -0.25) is 14.3 Å². The number of fused-ring (bicyclic) bond motifs is 1. The Morgan fingerprint density at radius 1 is 1.27 bits per heavy atom. The molecular weight excluding hydrogens is 296 g/mol. The minimum Gasteiger partial charge on any atom is -0.268 e. The first kappa shape index (κ1) is 14.3. The van der Waals surface area contributed by atoms with Crippen LogP contribution in [0.1, 0.15) is 6.92 Å². The Morgan fingerprint density at radius 3 is 2.82 bits per heavy atom. The van der Waals surface area contributed by atoms with Gasteiger partial charge >= 0.3 is 0 Å². The van der Waals surface area contributed by atoms with Gasteiger partial charge in [0.2, 0.25) is 0 Å². The second-order valence-electron chi connectivity index (χ2n) is 4.65. The normalized spacial score (nSPS) is 12.0. The molecule has 108 valence electrons. The number of rotatable bonds is 3. The second kappa shape index (κ2) is 6.00. The number of nitriles is 1. The van der Waals surface area contributed by atoms with Crippen LogP contribution in [-0.2, 0) is 0 Å². The lowest BCUT2D eigenvalue weighted by Crippen LogP contribution is -2.22. The number of aromatic nitrogens is 3. The van der Waals surface area contributed by atoms with Crippen LogP contribution in [0.5, 0.6) is 0 Å². The van der Waals surface area contributed by atoms with Crippen molar-refractivity contribution in [3.8, 4) is 11.8 Å². The monoisotopic (exact) mass is 308 g/mol. The highest BCUT2D eigenvalue weighted by Gasteiger charge is 2.15. The van der Waals surface area contributed by atoms with Gasteiger partial charge in [-0.05, 0) is 31.2 Å². The van der Waals surface area contributed by atoms with Gasteiger partial charge in [0.25, 0.3) is 5.56 Å². The first-order valence-corrected chi connectivity index (χ1v) is 7.57. The van der Waals surface area contributed by atoms with Crippen LogP contribution in [0, 0.1) is 11.3 Å². The smallest absolute Gasteiger partial charge is 0.266 e. The fourth-order valence-corrected chi connectivity index (χ4v) is 2.90. The van der Waals surface area contributed by atoms with Gasteiger partial charge in [-0.15, -0.1) is 0 Å². The molecule has 3 rings (SSSR count). The van der Waals surface area contributed by atoms with Gasteiger partial charge in [0.15, 0.2) is 5.16 Å². The van der Waals surface area contributed by atoms with Crippen molar-refractivity contribution in [2.45, 2.75) is 17.3 Å². The number of benzene rings is 1. The van der Waals surface area contributed by atoms with Crippen LogP contribution in [0.4, 0.5) is 0 Å². The van der Waals surface area contributed by atoms with E-state index in [1.807, 2.05) is 12.1 Å². The average molecular weight is 308 g/mol. The lowest BCUT2D eigenvalue weighted by molar-refractivity contribution is 0.814. The SMILES string of the molecule is C[C@H](C#N)Sc1nc2ccccc2c(=O)n1-c1cccnc1. The molecule has 2 heterocycles. The summed E-state index contributed by atoms with van der Waals surface area (Å²) in [6, 6.07) is 12.9. The van der Waals surface area contributed by atoms with Crippen LogP contribution in [-0.4, -0.2) is 19.8 Å². The van der Waals surface area contributed by atoms with Crippen LogP contribution >= 0.6 is 11.8 Å². The van der Waals surface area contributed by atoms with Crippen molar-refractivity contribution < 1.29 is 0 Å². The number of para-hydroxylation sites is 1. The highest BCUT2D eigenvalue weighted by Crippen LogP contribution is 2.24. The van der Waals surface area contributed by atoms with E-state index >= 15 is 0 Å². The Morgan fingerprint density at radius 2 is 2.09 bits per heavy atom. The summed E-state index contributed by atoms with van der Waals surface area (Å²) in [6.07, 6.45) is 3.26. The summed E-state index contributed by atoms with van der Waals surface area (Å²) in [5.41, 5.74) is 1.10. The Kier molecular flexibility index (Phi) is 3.90. The first-order valence-electron chi connectivity index (χ1n) is 6.69. The number of thioether (sulfide) groups is 1. The molecule has 22 heavy (non-hydrogen) atoms. The summed E-state index contributed by atoms with van der Waals surface area (Å²) in [7, 11) is 0. The third-order valence-corrected chi connectivity index (χ3v) is 4.06. The minimum atomic E-state index is -0.309. The minimum absolute atomic E-state index is 0.161. The van der Waals surface area contributed by atoms with Crippen LogP contribution in [0.3, 0.4) is 0 Å². The maximum Gasteiger partial charge on any atom is 0.266 e. The van der Waals surface area contributed by atoms with E-state index in [1.54, 1.807) is 43.6 Å². The Labute approximate surface area is 131 Å². The van der Waals surface area contributed by atoms with E-state index in [1.165, 1.54) is 16.3 Å². The zero-order valence-corrected chi connectivity index (χ0v) is 12.6. The molecule has 0 aliphatic rings. The summed E-state index contributed by atoms with van der Waals surface area (Å²) < 4.78 is 1.51. The van der Waals surface area contributed by atoms with Gasteiger partial charge in [-0.2, -0.15) is 5.26 Å². The quantitative estimate of drug-likeness (QED) is 0.549. The summed E-state index contributed by atoms with van der Waals surface area (Å²) in [6.45, 7) is 1.78. The molecule has 0 saturated heterocycles. The predicted octanol–water partition coefficient (Wildman–Crippen LogP) is 2.78. The van der Waals surface area contributed by atoms with Gasteiger partial charge in [0.1, 0.15) is 0 Å². The zero-order valence-electron chi connectivity index (χ0n) is 11.8. The van der Waals surface area contributed by atoms with E-state index in [-0.39, 0.29) is 10.8 Å². The molecule has 5 nitrogen and oxygen atoms in total. The maximum absolute atomic E-state index is 12.8. The summed E-state index contributed by atoms with van der Waals surface area (Å²) in [4.78, 5) is 21.4. The van der Waals surface area contributed by atoms with E-state index in [4.69, 9.17) is 5.26 Å². The van der Waals surface area contributed by atoms with Crippen molar-refractivity contribution in [3.63, 3.8) is 0 Å². The average Bonchev–Trinajstić information content (AvgIpc) is 2.56. The van der Waals surface area contributed by atoms with Crippen LogP contribution < -0.4 is 5.56 Å². The third kappa shape index (κ3) is 2.59. The highest BCUT2D eigenvalue weighted by atomic mass is 32.2. The van der Waals surface area contributed by atoms with E-state index in [9.17, 15) is 4.79 Å². The molecule has 0 amide bonds. The standard InChI is InChI=1S/C16H12N4OS/c1-11(9-17)22-16-19-14-7-3-2-6-13(14)15(21)20(16)12-5-4-8-18-10-12/h2-8,10-11H,1H3/t11-/m1/s1.